The molecule has 0 N–H and O–H groups in total. The van der Waals surface area contributed by atoms with E-state index >= 15 is 0 Å². The fourth-order valence-electron chi connectivity index (χ4n) is 1.63. The standard InChI is InChI=1S/C9H13N3OS/c1-14-8-2-4-11(6-8)9(13)12-5-3-10-7-12/h3,5,7-8H,2,4,6H2,1H3. The lowest BCUT2D eigenvalue weighted by Gasteiger charge is -2.15. The van der Waals surface area contributed by atoms with Gasteiger partial charge < -0.3 is 4.90 Å². The molecule has 0 saturated carbocycles. The Balaban J connectivity index is 2.00. The summed E-state index contributed by atoms with van der Waals surface area (Å²) in [6.45, 7) is 1.72. The third-order valence-corrected chi connectivity index (χ3v) is 3.53. The van der Waals surface area contributed by atoms with Crippen LogP contribution in [0, 0.1) is 0 Å². The number of hydrogen-bond acceptors (Lipinski definition) is 3. The van der Waals surface area contributed by atoms with E-state index in [1.54, 1.807) is 18.7 Å². The van der Waals surface area contributed by atoms with Crippen molar-refractivity contribution in [1.82, 2.24) is 14.5 Å². The van der Waals surface area contributed by atoms with Crippen molar-refractivity contribution in [1.29, 1.82) is 0 Å². The lowest BCUT2D eigenvalue weighted by molar-refractivity contribution is 0.210. The number of nitrogens with zero attached hydrogens (tertiary/aromatic N) is 3. The quantitative estimate of drug-likeness (QED) is 0.702. The lowest BCUT2D eigenvalue weighted by atomic mass is 10.4. The minimum absolute atomic E-state index is 0.0408. The summed E-state index contributed by atoms with van der Waals surface area (Å²) < 4.78 is 1.53. The van der Waals surface area contributed by atoms with Gasteiger partial charge in [-0.25, -0.2) is 9.78 Å². The SMILES string of the molecule is CSC1CCN(C(=O)n2ccnc2)C1. The molecule has 14 heavy (non-hydrogen) atoms. The van der Waals surface area contributed by atoms with Crippen LogP contribution in [-0.4, -0.2) is 45.1 Å². The number of amides is 1. The van der Waals surface area contributed by atoms with E-state index in [9.17, 15) is 4.79 Å². The number of thioether (sulfide) groups is 1. The Bertz CT molecular complexity index is 312. The Labute approximate surface area is 87.3 Å². The molecule has 0 radical (unpaired) electrons. The first-order valence-electron chi connectivity index (χ1n) is 4.61. The van der Waals surface area contributed by atoms with E-state index in [0.717, 1.165) is 19.5 Å². The van der Waals surface area contributed by atoms with Gasteiger partial charge in [0.25, 0.3) is 0 Å². The summed E-state index contributed by atoms with van der Waals surface area (Å²) in [6, 6.07) is 0.0408. The predicted molar refractivity (Wildman–Crippen MR) is 56.5 cm³/mol. The average Bonchev–Trinajstić information content (AvgIpc) is 2.88. The van der Waals surface area contributed by atoms with Crippen LogP contribution in [0.5, 0.6) is 0 Å². The molecule has 1 unspecified atom stereocenters. The zero-order valence-corrected chi connectivity index (χ0v) is 8.91. The van der Waals surface area contributed by atoms with E-state index in [0.29, 0.717) is 5.25 Å². The molecule has 0 aliphatic carbocycles. The van der Waals surface area contributed by atoms with E-state index in [1.807, 2.05) is 16.7 Å². The van der Waals surface area contributed by atoms with Gasteiger partial charge in [-0.05, 0) is 12.7 Å². The molecule has 1 saturated heterocycles. The summed E-state index contributed by atoms with van der Waals surface area (Å²) in [7, 11) is 0. The largest absolute Gasteiger partial charge is 0.329 e. The van der Waals surface area contributed by atoms with Gasteiger partial charge in [0.05, 0.1) is 0 Å². The highest BCUT2D eigenvalue weighted by molar-refractivity contribution is 7.99. The van der Waals surface area contributed by atoms with Crippen molar-refractivity contribution in [3.05, 3.63) is 18.7 Å². The summed E-state index contributed by atoms with van der Waals surface area (Å²) in [4.78, 5) is 17.6. The zero-order valence-electron chi connectivity index (χ0n) is 8.09. The number of likely N-dealkylation sites (tertiary alicyclic amines) is 1. The normalized spacial score (nSPS) is 21.5. The third kappa shape index (κ3) is 1.77. The molecule has 0 bridgehead atoms. The van der Waals surface area contributed by atoms with Crippen LogP contribution in [0.3, 0.4) is 0 Å². The minimum atomic E-state index is 0.0408. The van der Waals surface area contributed by atoms with E-state index in [-0.39, 0.29) is 6.03 Å². The Hall–Kier alpha value is -0.970. The molecule has 1 aromatic heterocycles. The molecule has 2 rings (SSSR count). The van der Waals surface area contributed by atoms with Crippen molar-refractivity contribution in [2.75, 3.05) is 19.3 Å². The van der Waals surface area contributed by atoms with E-state index in [1.165, 1.54) is 4.57 Å². The van der Waals surface area contributed by atoms with Gasteiger partial charge in [0.15, 0.2) is 0 Å². The Morgan fingerprint density at radius 1 is 1.64 bits per heavy atom. The van der Waals surface area contributed by atoms with Gasteiger partial charge in [-0.1, -0.05) is 0 Å². The first-order chi connectivity index (χ1) is 6.81. The van der Waals surface area contributed by atoms with Crippen molar-refractivity contribution in [3.8, 4) is 0 Å². The monoisotopic (exact) mass is 211 g/mol. The van der Waals surface area contributed by atoms with E-state index in [4.69, 9.17) is 0 Å². The molecule has 1 aliphatic heterocycles. The van der Waals surface area contributed by atoms with Gasteiger partial charge in [-0.15, -0.1) is 0 Å². The molecule has 1 atom stereocenters. The van der Waals surface area contributed by atoms with E-state index in [2.05, 4.69) is 11.2 Å². The molecule has 0 aromatic carbocycles. The number of carbonyl (C=O) groups is 1. The first-order valence-corrected chi connectivity index (χ1v) is 5.90. The second kappa shape index (κ2) is 4.04. The molecule has 1 aliphatic rings. The molecule has 5 heteroatoms. The molecule has 4 nitrogen and oxygen atoms in total. The molecule has 1 fully saturated rings. The number of hydrogen-bond donors (Lipinski definition) is 0. The van der Waals surface area contributed by atoms with Crippen molar-refractivity contribution in [2.45, 2.75) is 11.7 Å². The summed E-state index contributed by atoms with van der Waals surface area (Å²) in [5.74, 6) is 0. The number of rotatable bonds is 1. The van der Waals surface area contributed by atoms with Crippen molar-refractivity contribution < 1.29 is 4.79 Å². The zero-order chi connectivity index (χ0) is 9.97. The van der Waals surface area contributed by atoms with Gasteiger partial charge >= 0.3 is 6.03 Å². The van der Waals surface area contributed by atoms with Crippen LogP contribution in [0.25, 0.3) is 0 Å². The second-order valence-electron chi connectivity index (χ2n) is 3.34. The van der Waals surface area contributed by atoms with Gasteiger partial charge in [-0.3, -0.25) is 4.57 Å². The fourth-order valence-corrected chi connectivity index (χ4v) is 2.30. The van der Waals surface area contributed by atoms with Gasteiger partial charge in [0.2, 0.25) is 0 Å². The molecule has 2 heterocycles. The molecule has 1 aromatic rings. The van der Waals surface area contributed by atoms with Crippen LogP contribution in [0.1, 0.15) is 6.42 Å². The Morgan fingerprint density at radius 2 is 2.50 bits per heavy atom. The Kier molecular flexibility index (Phi) is 2.77. The third-order valence-electron chi connectivity index (χ3n) is 2.47. The number of aromatic nitrogens is 2. The van der Waals surface area contributed by atoms with Gasteiger partial charge in [-0.2, -0.15) is 11.8 Å². The predicted octanol–water partition coefficient (Wildman–Crippen LogP) is 1.29. The topological polar surface area (TPSA) is 38.1 Å². The molecule has 76 valence electrons. The van der Waals surface area contributed by atoms with Crippen LogP contribution in [-0.2, 0) is 0 Å². The number of imidazole rings is 1. The van der Waals surface area contributed by atoms with Crippen LogP contribution < -0.4 is 0 Å². The van der Waals surface area contributed by atoms with Crippen molar-refractivity contribution >= 4 is 17.8 Å². The summed E-state index contributed by atoms with van der Waals surface area (Å²) in [5, 5.41) is 0.600. The maximum atomic E-state index is 11.8. The fraction of sp³-hybridized carbons (Fsp3) is 0.556. The highest BCUT2D eigenvalue weighted by Crippen LogP contribution is 2.20. The summed E-state index contributed by atoms with van der Waals surface area (Å²) >= 11 is 1.83. The molecular weight excluding hydrogens is 198 g/mol. The van der Waals surface area contributed by atoms with Crippen LogP contribution in [0.2, 0.25) is 0 Å². The molecule has 1 amide bonds. The molecule has 0 spiro atoms. The van der Waals surface area contributed by atoms with Gasteiger partial charge in [0.1, 0.15) is 6.33 Å². The second-order valence-corrected chi connectivity index (χ2v) is 4.48. The minimum Gasteiger partial charge on any atom is -0.323 e. The van der Waals surface area contributed by atoms with Crippen LogP contribution in [0.15, 0.2) is 18.7 Å². The lowest BCUT2D eigenvalue weighted by Crippen LogP contribution is -2.32. The highest BCUT2D eigenvalue weighted by atomic mass is 32.2. The number of carbonyl (C=O) groups excluding carboxylic acids is 1. The Morgan fingerprint density at radius 3 is 3.07 bits per heavy atom. The first kappa shape index (κ1) is 9.58. The maximum absolute atomic E-state index is 11.8. The van der Waals surface area contributed by atoms with Crippen LogP contribution in [0.4, 0.5) is 4.79 Å². The van der Waals surface area contributed by atoms with Crippen molar-refractivity contribution in [3.63, 3.8) is 0 Å². The summed E-state index contributed by atoms with van der Waals surface area (Å²) in [5.41, 5.74) is 0. The molecular formula is C9H13N3OS. The summed E-state index contributed by atoms with van der Waals surface area (Å²) in [6.07, 6.45) is 8.06. The van der Waals surface area contributed by atoms with Crippen LogP contribution >= 0.6 is 11.8 Å². The maximum Gasteiger partial charge on any atom is 0.329 e. The van der Waals surface area contributed by atoms with E-state index < -0.39 is 0 Å². The van der Waals surface area contributed by atoms with Crippen molar-refractivity contribution in [2.24, 2.45) is 0 Å². The smallest absolute Gasteiger partial charge is 0.323 e. The van der Waals surface area contributed by atoms with Gasteiger partial charge in [0, 0.05) is 30.7 Å². The average molecular weight is 211 g/mol. The highest BCUT2D eigenvalue weighted by Gasteiger charge is 2.25.